The molecule has 1 aromatic rings. The van der Waals surface area contributed by atoms with E-state index in [0.717, 1.165) is 25.7 Å². The van der Waals surface area contributed by atoms with E-state index in [0.29, 0.717) is 13.1 Å². The van der Waals surface area contributed by atoms with E-state index in [1.807, 2.05) is 0 Å². The molecule has 3 N–H and O–H groups in total. The zero-order valence-corrected chi connectivity index (χ0v) is 12.3. The van der Waals surface area contributed by atoms with Crippen molar-refractivity contribution in [2.24, 2.45) is 11.1 Å². The van der Waals surface area contributed by atoms with Gasteiger partial charge in [-0.25, -0.2) is 0 Å². The maximum Gasteiger partial charge on any atom is 0.227 e. The van der Waals surface area contributed by atoms with Gasteiger partial charge in [-0.15, -0.1) is 23.7 Å². The summed E-state index contributed by atoms with van der Waals surface area (Å²) in [6.07, 6.45) is 4.14. The maximum absolute atomic E-state index is 12.2. The highest BCUT2D eigenvalue weighted by molar-refractivity contribution is 7.11. The predicted molar refractivity (Wildman–Crippen MR) is 78.1 cm³/mol. The van der Waals surface area contributed by atoms with Gasteiger partial charge in [-0.05, 0) is 31.9 Å². The summed E-state index contributed by atoms with van der Waals surface area (Å²) < 4.78 is 0. The van der Waals surface area contributed by atoms with Crippen LogP contribution in [0, 0.1) is 12.3 Å². The van der Waals surface area contributed by atoms with Crippen LogP contribution in [0.15, 0.2) is 12.1 Å². The highest BCUT2D eigenvalue weighted by Crippen LogP contribution is 2.37. The van der Waals surface area contributed by atoms with Crippen LogP contribution in [0.4, 0.5) is 0 Å². The lowest BCUT2D eigenvalue weighted by Gasteiger charge is -2.25. The largest absolute Gasteiger partial charge is 0.351 e. The Morgan fingerprint density at radius 1 is 1.44 bits per heavy atom. The number of nitrogens with two attached hydrogens (primary N) is 1. The Morgan fingerprint density at radius 3 is 2.61 bits per heavy atom. The summed E-state index contributed by atoms with van der Waals surface area (Å²) in [5.74, 6) is 0.142. The molecular weight excluding hydrogens is 268 g/mol. The molecule has 0 spiro atoms. The van der Waals surface area contributed by atoms with Gasteiger partial charge in [0, 0.05) is 16.3 Å². The number of amides is 1. The molecule has 102 valence electrons. The lowest BCUT2D eigenvalue weighted by molar-refractivity contribution is -0.130. The second-order valence-corrected chi connectivity index (χ2v) is 6.26. The quantitative estimate of drug-likeness (QED) is 0.895. The Kier molecular flexibility index (Phi) is 5.63. The normalized spacial score (nSPS) is 17.2. The van der Waals surface area contributed by atoms with Gasteiger partial charge in [0.15, 0.2) is 0 Å². The fourth-order valence-corrected chi connectivity index (χ4v) is 3.34. The molecule has 2 rings (SSSR count). The summed E-state index contributed by atoms with van der Waals surface area (Å²) in [5.41, 5.74) is 5.50. The van der Waals surface area contributed by atoms with Gasteiger partial charge in [-0.3, -0.25) is 4.79 Å². The number of nitrogens with one attached hydrogen (secondary N) is 1. The first-order valence-electron chi connectivity index (χ1n) is 6.20. The van der Waals surface area contributed by atoms with Gasteiger partial charge < -0.3 is 11.1 Å². The van der Waals surface area contributed by atoms with Crippen LogP contribution >= 0.6 is 23.7 Å². The van der Waals surface area contributed by atoms with Crippen LogP contribution in [0.3, 0.4) is 0 Å². The Balaban J connectivity index is 0.00000162. The van der Waals surface area contributed by atoms with Crippen molar-refractivity contribution in [2.75, 3.05) is 6.54 Å². The van der Waals surface area contributed by atoms with E-state index in [-0.39, 0.29) is 23.7 Å². The van der Waals surface area contributed by atoms with E-state index < -0.39 is 0 Å². The molecule has 1 aromatic heterocycles. The SMILES string of the molecule is Cc1ccc(CNC(=O)C2(CN)CCCC2)s1.Cl. The number of rotatable bonds is 4. The van der Waals surface area contributed by atoms with Crippen molar-refractivity contribution >= 4 is 29.7 Å². The highest BCUT2D eigenvalue weighted by atomic mass is 35.5. The topological polar surface area (TPSA) is 55.1 Å². The van der Waals surface area contributed by atoms with E-state index in [2.05, 4.69) is 24.4 Å². The van der Waals surface area contributed by atoms with E-state index in [1.54, 1.807) is 11.3 Å². The van der Waals surface area contributed by atoms with Gasteiger partial charge >= 0.3 is 0 Å². The second-order valence-electron chi connectivity index (χ2n) is 4.89. The van der Waals surface area contributed by atoms with Gasteiger partial charge in [-0.2, -0.15) is 0 Å². The van der Waals surface area contributed by atoms with Gasteiger partial charge in [0.2, 0.25) is 5.91 Å². The molecule has 1 amide bonds. The van der Waals surface area contributed by atoms with Gasteiger partial charge in [0.05, 0.1) is 12.0 Å². The minimum absolute atomic E-state index is 0. The molecule has 1 aliphatic carbocycles. The first-order chi connectivity index (χ1) is 8.16. The van der Waals surface area contributed by atoms with Crippen molar-refractivity contribution in [1.82, 2.24) is 5.32 Å². The smallest absolute Gasteiger partial charge is 0.227 e. The zero-order valence-electron chi connectivity index (χ0n) is 10.7. The fraction of sp³-hybridized carbons (Fsp3) is 0.615. The third-order valence-electron chi connectivity index (χ3n) is 3.65. The van der Waals surface area contributed by atoms with Crippen LogP contribution < -0.4 is 11.1 Å². The number of carbonyl (C=O) groups is 1. The van der Waals surface area contributed by atoms with Crippen molar-refractivity contribution in [3.05, 3.63) is 21.9 Å². The number of hydrogen-bond acceptors (Lipinski definition) is 3. The molecule has 18 heavy (non-hydrogen) atoms. The van der Waals surface area contributed by atoms with E-state index in [1.165, 1.54) is 9.75 Å². The minimum Gasteiger partial charge on any atom is -0.351 e. The lowest BCUT2D eigenvalue weighted by atomic mass is 9.85. The van der Waals surface area contributed by atoms with Crippen molar-refractivity contribution in [3.63, 3.8) is 0 Å². The molecule has 1 aliphatic rings. The van der Waals surface area contributed by atoms with Gasteiger partial charge in [0.25, 0.3) is 0 Å². The Hall–Kier alpha value is -0.580. The molecule has 0 saturated heterocycles. The van der Waals surface area contributed by atoms with E-state index in [9.17, 15) is 4.79 Å². The molecule has 1 heterocycles. The zero-order chi connectivity index (χ0) is 12.3. The van der Waals surface area contributed by atoms with Gasteiger partial charge in [0.1, 0.15) is 0 Å². The summed E-state index contributed by atoms with van der Waals surface area (Å²) in [4.78, 5) is 14.7. The minimum atomic E-state index is -0.285. The molecular formula is C13H21ClN2OS. The molecule has 0 bridgehead atoms. The molecule has 1 fully saturated rings. The molecule has 3 nitrogen and oxygen atoms in total. The Morgan fingerprint density at radius 2 is 2.11 bits per heavy atom. The lowest BCUT2D eigenvalue weighted by Crippen LogP contribution is -2.43. The average molecular weight is 289 g/mol. The summed E-state index contributed by atoms with van der Waals surface area (Å²) in [6.45, 7) is 3.19. The average Bonchev–Trinajstić information content (AvgIpc) is 2.95. The van der Waals surface area contributed by atoms with Crippen LogP contribution in [-0.2, 0) is 11.3 Å². The number of hydrogen-bond donors (Lipinski definition) is 2. The van der Waals surface area contributed by atoms with Crippen molar-refractivity contribution in [1.29, 1.82) is 0 Å². The first-order valence-corrected chi connectivity index (χ1v) is 7.02. The van der Waals surface area contributed by atoms with Crippen LogP contribution in [0.25, 0.3) is 0 Å². The monoisotopic (exact) mass is 288 g/mol. The fourth-order valence-electron chi connectivity index (χ4n) is 2.51. The maximum atomic E-state index is 12.2. The van der Waals surface area contributed by atoms with Crippen LogP contribution in [0.5, 0.6) is 0 Å². The number of thiophene rings is 1. The van der Waals surface area contributed by atoms with Gasteiger partial charge in [-0.1, -0.05) is 12.8 Å². The van der Waals surface area contributed by atoms with Crippen LogP contribution in [0.2, 0.25) is 0 Å². The van der Waals surface area contributed by atoms with E-state index >= 15 is 0 Å². The Labute approximate surface area is 119 Å². The number of halogens is 1. The highest BCUT2D eigenvalue weighted by Gasteiger charge is 2.39. The van der Waals surface area contributed by atoms with Crippen molar-refractivity contribution < 1.29 is 4.79 Å². The van der Waals surface area contributed by atoms with Crippen molar-refractivity contribution in [2.45, 2.75) is 39.2 Å². The first kappa shape index (κ1) is 15.5. The van der Waals surface area contributed by atoms with Crippen LogP contribution in [0.1, 0.15) is 35.4 Å². The summed E-state index contributed by atoms with van der Waals surface area (Å²) in [7, 11) is 0. The molecule has 0 unspecified atom stereocenters. The third-order valence-corrected chi connectivity index (χ3v) is 4.65. The number of aryl methyl sites for hydroxylation is 1. The standard InChI is InChI=1S/C13H20N2OS.ClH/c1-10-4-5-11(17-10)8-15-12(16)13(9-14)6-2-3-7-13;/h4-5H,2-3,6-9,14H2,1H3,(H,15,16);1H. The molecule has 1 saturated carbocycles. The molecule has 0 radical (unpaired) electrons. The molecule has 0 aliphatic heterocycles. The Bertz CT molecular complexity index is 399. The summed E-state index contributed by atoms with van der Waals surface area (Å²) in [5, 5.41) is 3.04. The van der Waals surface area contributed by atoms with E-state index in [4.69, 9.17) is 5.73 Å². The predicted octanol–water partition coefficient (Wildman–Crippen LogP) is 2.61. The second kappa shape index (κ2) is 6.55. The summed E-state index contributed by atoms with van der Waals surface area (Å²) in [6, 6.07) is 4.16. The van der Waals surface area contributed by atoms with Crippen LogP contribution in [-0.4, -0.2) is 12.5 Å². The molecule has 0 atom stereocenters. The summed E-state index contributed by atoms with van der Waals surface area (Å²) >= 11 is 1.73. The van der Waals surface area contributed by atoms with Crippen molar-refractivity contribution in [3.8, 4) is 0 Å². The molecule has 5 heteroatoms. The number of carbonyl (C=O) groups excluding carboxylic acids is 1. The third kappa shape index (κ3) is 3.25. The molecule has 0 aromatic carbocycles.